The fourth-order valence-corrected chi connectivity index (χ4v) is 2.37. The molecule has 2 aromatic rings. The highest BCUT2D eigenvalue weighted by atomic mass is 16.6. The number of rotatable bonds is 6. The number of carbonyl (C=O) groups is 2. The molecule has 24 heavy (non-hydrogen) atoms. The minimum absolute atomic E-state index is 0.00251. The number of hydrogen-bond donors (Lipinski definition) is 0. The second-order valence-corrected chi connectivity index (χ2v) is 5.74. The molecule has 0 aliphatic heterocycles. The van der Waals surface area contributed by atoms with Crippen molar-refractivity contribution in [3.63, 3.8) is 0 Å². The Hall–Kier alpha value is -2.69. The molecule has 0 aliphatic carbocycles. The van der Waals surface area contributed by atoms with E-state index in [4.69, 9.17) is 9.47 Å². The quantitative estimate of drug-likeness (QED) is 0.600. The first kappa shape index (κ1) is 17.7. The average molecular weight is 327 g/mol. The molecule has 0 saturated heterocycles. The molecular weight excluding hydrogens is 306 g/mol. The van der Waals surface area contributed by atoms with E-state index in [1.165, 1.54) is 11.8 Å². The first-order valence-electron chi connectivity index (χ1n) is 7.84. The second kappa shape index (κ2) is 8.24. The van der Waals surface area contributed by atoms with Crippen molar-refractivity contribution in [2.45, 2.75) is 26.7 Å². The number of aromatic nitrogens is 1. The summed E-state index contributed by atoms with van der Waals surface area (Å²) < 4.78 is 10.2. The van der Waals surface area contributed by atoms with Gasteiger partial charge >= 0.3 is 11.9 Å². The van der Waals surface area contributed by atoms with Crippen LogP contribution >= 0.6 is 0 Å². The van der Waals surface area contributed by atoms with Gasteiger partial charge in [-0.15, -0.1) is 0 Å². The van der Waals surface area contributed by atoms with Gasteiger partial charge in [0.05, 0.1) is 11.1 Å². The van der Waals surface area contributed by atoms with Gasteiger partial charge in [0.25, 0.3) is 0 Å². The maximum absolute atomic E-state index is 12.0. The van der Waals surface area contributed by atoms with E-state index >= 15 is 0 Å². The zero-order valence-electron chi connectivity index (χ0n) is 14.1. The molecule has 0 atom stereocenters. The number of hydrogen-bond acceptors (Lipinski definition) is 5. The number of pyridine rings is 1. The summed E-state index contributed by atoms with van der Waals surface area (Å²) >= 11 is 0. The summed E-state index contributed by atoms with van der Waals surface area (Å²) in [6.45, 7) is 6.20. The first-order chi connectivity index (χ1) is 11.5. The van der Waals surface area contributed by atoms with Gasteiger partial charge in [-0.2, -0.15) is 0 Å². The number of esters is 2. The van der Waals surface area contributed by atoms with Crippen LogP contribution in [-0.4, -0.2) is 30.1 Å². The van der Waals surface area contributed by atoms with Crippen LogP contribution in [0.5, 0.6) is 0 Å². The fraction of sp³-hybridized carbons (Fsp3) is 0.316. The van der Waals surface area contributed by atoms with Gasteiger partial charge in [-0.25, -0.2) is 9.59 Å². The fourth-order valence-electron chi connectivity index (χ4n) is 2.37. The van der Waals surface area contributed by atoms with Crippen LogP contribution in [0.1, 0.15) is 51.6 Å². The lowest BCUT2D eigenvalue weighted by atomic mass is 9.96. The Morgan fingerprint density at radius 2 is 1.71 bits per heavy atom. The maximum atomic E-state index is 12.0. The van der Waals surface area contributed by atoms with Crippen LogP contribution in [0, 0.1) is 6.92 Å². The van der Waals surface area contributed by atoms with Crippen molar-refractivity contribution in [1.29, 1.82) is 0 Å². The van der Waals surface area contributed by atoms with Gasteiger partial charge in [0.2, 0.25) is 0 Å². The Kier molecular flexibility index (Phi) is 6.07. The molecule has 1 aromatic carbocycles. The molecule has 0 fully saturated rings. The highest BCUT2D eigenvalue weighted by Crippen LogP contribution is 2.20. The van der Waals surface area contributed by atoms with Crippen LogP contribution in [0.2, 0.25) is 0 Å². The number of carbonyl (C=O) groups excluding carboxylic acids is 2. The highest BCUT2D eigenvalue weighted by Gasteiger charge is 2.11. The van der Waals surface area contributed by atoms with Crippen molar-refractivity contribution in [2.75, 3.05) is 13.2 Å². The van der Waals surface area contributed by atoms with Crippen LogP contribution in [0.4, 0.5) is 0 Å². The van der Waals surface area contributed by atoms with Crippen molar-refractivity contribution in [3.8, 4) is 0 Å². The van der Waals surface area contributed by atoms with Crippen LogP contribution in [-0.2, 0) is 9.47 Å². The Bertz CT molecular complexity index is 711. The summed E-state index contributed by atoms with van der Waals surface area (Å²) in [4.78, 5) is 27.6. The summed E-state index contributed by atoms with van der Waals surface area (Å²) in [6, 6.07) is 8.78. The molecule has 5 nitrogen and oxygen atoms in total. The van der Waals surface area contributed by atoms with Gasteiger partial charge in [-0.3, -0.25) is 4.98 Å². The third-order valence-corrected chi connectivity index (χ3v) is 3.57. The molecule has 0 bridgehead atoms. The Labute approximate surface area is 141 Å². The van der Waals surface area contributed by atoms with Gasteiger partial charge in [0.15, 0.2) is 0 Å². The number of benzene rings is 1. The van der Waals surface area contributed by atoms with Gasteiger partial charge in [-0.05, 0) is 48.2 Å². The smallest absolute Gasteiger partial charge is 0.339 e. The van der Waals surface area contributed by atoms with E-state index in [2.05, 4.69) is 18.8 Å². The molecule has 2 rings (SSSR count). The van der Waals surface area contributed by atoms with Crippen LogP contribution in [0.15, 0.2) is 42.7 Å². The predicted octanol–water partition coefficient (Wildman–Crippen LogP) is 3.53. The molecule has 126 valence electrons. The molecule has 0 unspecified atom stereocenters. The van der Waals surface area contributed by atoms with Gasteiger partial charge in [0, 0.05) is 12.4 Å². The van der Waals surface area contributed by atoms with Crippen molar-refractivity contribution >= 4 is 11.9 Å². The number of nitrogens with zero attached hydrogens (tertiary/aromatic N) is 1. The Morgan fingerprint density at radius 3 is 2.25 bits per heavy atom. The Morgan fingerprint density at radius 1 is 1.04 bits per heavy atom. The molecule has 0 saturated carbocycles. The lowest BCUT2D eigenvalue weighted by Crippen LogP contribution is -2.14. The lowest BCUT2D eigenvalue weighted by Gasteiger charge is -2.11. The summed E-state index contributed by atoms with van der Waals surface area (Å²) in [6.07, 6.45) is 3.00. The first-order valence-corrected chi connectivity index (χ1v) is 7.84. The summed E-state index contributed by atoms with van der Waals surface area (Å²) in [7, 11) is 0. The van der Waals surface area contributed by atoms with E-state index in [1.807, 2.05) is 19.1 Å². The SMILES string of the molecule is Cc1cc(C(=O)OCCOC(=O)c2cccnc2)ccc1C(C)C. The van der Waals surface area contributed by atoms with Gasteiger partial charge in [0.1, 0.15) is 13.2 Å². The molecule has 1 heterocycles. The van der Waals surface area contributed by atoms with Gasteiger partial charge in [-0.1, -0.05) is 19.9 Å². The van der Waals surface area contributed by atoms with E-state index < -0.39 is 11.9 Å². The van der Waals surface area contributed by atoms with E-state index in [0.717, 1.165) is 5.56 Å². The van der Waals surface area contributed by atoms with E-state index in [0.29, 0.717) is 17.0 Å². The Balaban J connectivity index is 1.81. The molecule has 0 amide bonds. The molecule has 0 N–H and O–H groups in total. The summed E-state index contributed by atoms with van der Waals surface area (Å²) in [5.74, 6) is -0.510. The molecule has 0 aliphatic rings. The van der Waals surface area contributed by atoms with Crippen molar-refractivity contribution < 1.29 is 19.1 Å². The summed E-state index contributed by atoms with van der Waals surface area (Å²) in [5.41, 5.74) is 3.12. The minimum Gasteiger partial charge on any atom is -0.458 e. The molecule has 0 spiro atoms. The van der Waals surface area contributed by atoms with Crippen molar-refractivity contribution in [3.05, 3.63) is 65.0 Å². The van der Waals surface area contributed by atoms with E-state index in [-0.39, 0.29) is 13.2 Å². The highest BCUT2D eigenvalue weighted by molar-refractivity contribution is 5.90. The zero-order chi connectivity index (χ0) is 17.5. The molecule has 1 aromatic heterocycles. The van der Waals surface area contributed by atoms with E-state index in [1.54, 1.807) is 24.4 Å². The summed E-state index contributed by atoms with van der Waals surface area (Å²) in [5, 5.41) is 0. The van der Waals surface area contributed by atoms with E-state index in [9.17, 15) is 9.59 Å². The molecule has 0 radical (unpaired) electrons. The topological polar surface area (TPSA) is 65.5 Å². The standard InChI is InChI=1S/C19H21NO4/c1-13(2)17-7-6-15(11-14(17)3)18(21)23-9-10-24-19(22)16-5-4-8-20-12-16/h4-8,11-13H,9-10H2,1-3H3. The molecular formula is C19H21NO4. The van der Waals surface area contributed by atoms with Crippen molar-refractivity contribution in [1.82, 2.24) is 4.98 Å². The lowest BCUT2D eigenvalue weighted by molar-refractivity contribution is 0.0265. The monoisotopic (exact) mass is 327 g/mol. The maximum Gasteiger partial charge on any atom is 0.339 e. The number of aryl methyl sites for hydroxylation is 1. The largest absolute Gasteiger partial charge is 0.458 e. The third-order valence-electron chi connectivity index (χ3n) is 3.57. The van der Waals surface area contributed by atoms with Crippen molar-refractivity contribution in [2.24, 2.45) is 0 Å². The van der Waals surface area contributed by atoms with Crippen LogP contribution in [0.25, 0.3) is 0 Å². The van der Waals surface area contributed by atoms with Crippen LogP contribution in [0.3, 0.4) is 0 Å². The third kappa shape index (κ3) is 4.65. The van der Waals surface area contributed by atoms with Crippen LogP contribution < -0.4 is 0 Å². The molecule has 5 heteroatoms. The minimum atomic E-state index is -0.490. The zero-order valence-corrected chi connectivity index (χ0v) is 14.1. The average Bonchev–Trinajstić information content (AvgIpc) is 2.58. The normalized spacial score (nSPS) is 10.5. The second-order valence-electron chi connectivity index (χ2n) is 5.74. The van der Waals surface area contributed by atoms with Gasteiger partial charge < -0.3 is 9.47 Å². The predicted molar refractivity (Wildman–Crippen MR) is 90.1 cm³/mol. The number of ether oxygens (including phenoxy) is 2.